The molecule has 1 unspecified atom stereocenters. The van der Waals surface area contributed by atoms with Crippen molar-refractivity contribution in [2.45, 2.75) is 78.4 Å². The predicted octanol–water partition coefficient (Wildman–Crippen LogP) is 1.43. The van der Waals surface area contributed by atoms with Crippen molar-refractivity contribution in [2.75, 3.05) is 0 Å². The summed E-state index contributed by atoms with van der Waals surface area (Å²) in [5, 5.41) is 7.76. The Balaban J connectivity index is 2.66. The Bertz CT molecular complexity index is 469. The summed E-state index contributed by atoms with van der Waals surface area (Å²) < 4.78 is 1.95. The topological polar surface area (TPSA) is 85.8 Å². The SMILES string of the molecule is CCc1nc(CC)n(CCCC(C)(NC(C)C)C(N)=O)n1. The lowest BCUT2D eigenvalue weighted by Crippen LogP contribution is -2.55. The van der Waals surface area contributed by atoms with E-state index in [1.54, 1.807) is 0 Å². The van der Waals surface area contributed by atoms with E-state index in [9.17, 15) is 4.79 Å². The van der Waals surface area contributed by atoms with Gasteiger partial charge in [0.1, 0.15) is 5.82 Å². The van der Waals surface area contributed by atoms with Gasteiger partial charge in [-0.1, -0.05) is 13.8 Å². The van der Waals surface area contributed by atoms with Gasteiger partial charge >= 0.3 is 0 Å². The van der Waals surface area contributed by atoms with Crippen molar-refractivity contribution in [1.82, 2.24) is 20.1 Å². The van der Waals surface area contributed by atoms with Gasteiger partial charge in [-0.25, -0.2) is 9.67 Å². The average molecular weight is 295 g/mol. The van der Waals surface area contributed by atoms with Crippen LogP contribution in [0.3, 0.4) is 0 Å². The van der Waals surface area contributed by atoms with Crippen molar-refractivity contribution >= 4 is 5.91 Å². The lowest BCUT2D eigenvalue weighted by atomic mass is 9.94. The molecule has 6 nitrogen and oxygen atoms in total. The third kappa shape index (κ3) is 4.81. The van der Waals surface area contributed by atoms with Gasteiger partial charge < -0.3 is 11.1 Å². The van der Waals surface area contributed by atoms with Crippen LogP contribution in [0.4, 0.5) is 0 Å². The maximum atomic E-state index is 11.7. The molecule has 0 saturated heterocycles. The molecular formula is C15H29N5O. The number of amides is 1. The Morgan fingerprint density at radius 2 is 2.05 bits per heavy atom. The second kappa shape index (κ2) is 7.54. The van der Waals surface area contributed by atoms with Crippen molar-refractivity contribution in [2.24, 2.45) is 5.73 Å². The molecule has 3 N–H and O–H groups in total. The van der Waals surface area contributed by atoms with Crippen molar-refractivity contribution in [3.05, 3.63) is 11.6 Å². The number of nitrogens with one attached hydrogen (secondary N) is 1. The van der Waals surface area contributed by atoms with Crippen LogP contribution < -0.4 is 11.1 Å². The summed E-state index contributed by atoms with van der Waals surface area (Å²) in [6, 6.07) is 0.215. The summed E-state index contributed by atoms with van der Waals surface area (Å²) in [7, 11) is 0. The number of carbonyl (C=O) groups excluding carboxylic acids is 1. The Morgan fingerprint density at radius 1 is 1.38 bits per heavy atom. The van der Waals surface area contributed by atoms with E-state index in [4.69, 9.17) is 5.73 Å². The number of primary amides is 1. The van der Waals surface area contributed by atoms with Gasteiger partial charge in [-0.15, -0.1) is 0 Å². The summed E-state index contributed by atoms with van der Waals surface area (Å²) in [6.07, 6.45) is 3.22. The zero-order valence-corrected chi connectivity index (χ0v) is 13.9. The second-order valence-corrected chi connectivity index (χ2v) is 5.97. The average Bonchev–Trinajstić information content (AvgIpc) is 2.80. The highest BCUT2D eigenvalue weighted by Gasteiger charge is 2.30. The third-order valence-electron chi connectivity index (χ3n) is 3.62. The molecule has 0 aliphatic carbocycles. The van der Waals surface area contributed by atoms with Crippen LogP contribution in [0.2, 0.25) is 0 Å². The predicted molar refractivity (Wildman–Crippen MR) is 83.9 cm³/mol. The maximum absolute atomic E-state index is 11.7. The van der Waals surface area contributed by atoms with Gasteiger partial charge in [-0.2, -0.15) is 5.10 Å². The molecule has 0 aliphatic rings. The quantitative estimate of drug-likeness (QED) is 0.721. The van der Waals surface area contributed by atoms with Crippen LogP contribution in [0.1, 0.15) is 59.1 Å². The van der Waals surface area contributed by atoms with E-state index in [0.717, 1.165) is 37.5 Å². The summed E-state index contributed by atoms with van der Waals surface area (Å²) in [4.78, 5) is 16.2. The number of hydrogen-bond acceptors (Lipinski definition) is 4. The van der Waals surface area contributed by atoms with E-state index < -0.39 is 5.54 Å². The molecule has 1 aromatic rings. The van der Waals surface area contributed by atoms with Crippen LogP contribution in [-0.4, -0.2) is 32.3 Å². The minimum Gasteiger partial charge on any atom is -0.368 e. The molecule has 0 fully saturated rings. The first-order valence-electron chi connectivity index (χ1n) is 7.82. The second-order valence-electron chi connectivity index (χ2n) is 5.97. The normalized spacial score (nSPS) is 14.4. The van der Waals surface area contributed by atoms with Crippen LogP contribution in [0.5, 0.6) is 0 Å². The van der Waals surface area contributed by atoms with E-state index in [1.165, 1.54) is 0 Å². The van der Waals surface area contributed by atoms with Gasteiger partial charge in [0.25, 0.3) is 0 Å². The van der Waals surface area contributed by atoms with E-state index in [1.807, 2.05) is 25.5 Å². The van der Waals surface area contributed by atoms with Gasteiger partial charge in [0.15, 0.2) is 5.82 Å². The molecule has 120 valence electrons. The van der Waals surface area contributed by atoms with Gasteiger partial charge in [-0.05, 0) is 33.6 Å². The smallest absolute Gasteiger partial charge is 0.237 e. The highest BCUT2D eigenvalue weighted by atomic mass is 16.1. The van der Waals surface area contributed by atoms with E-state index in [-0.39, 0.29) is 11.9 Å². The fourth-order valence-corrected chi connectivity index (χ4v) is 2.50. The minimum absolute atomic E-state index is 0.215. The third-order valence-corrected chi connectivity index (χ3v) is 3.62. The molecular weight excluding hydrogens is 266 g/mol. The molecule has 1 aromatic heterocycles. The highest BCUT2D eigenvalue weighted by Crippen LogP contribution is 2.14. The summed E-state index contributed by atoms with van der Waals surface area (Å²) in [5.41, 5.74) is 4.87. The largest absolute Gasteiger partial charge is 0.368 e. The standard InChI is InChI=1S/C15H29N5O/c1-6-12-17-13(7-2)20(19-12)10-8-9-15(5,14(16)21)18-11(3)4/h11,18H,6-10H2,1-5H3,(H2,16,21). The molecule has 0 saturated carbocycles. The number of aryl methyl sites for hydroxylation is 3. The van der Waals surface area contributed by atoms with Crippen molar-refractivity contribution in [1.29, 1.82) is 0 Å². The summed E-state index contributed by atoms with van der Waals surface area (Å²) in [6.45, 7) is 10.8. The fraction of sp³-hybridized carbons (Fsp3) is 0.800. The van der Waals surface area contributed by atoms with Gasteiger partial charge in [0.05, 0.1) is 5.54 Å². The van der Waals surface area contributed by atoms with Gasteiger partial charge in [0, 0.05) is 25.4 Å². The number of carbonyl (C=O) groups is 1. The van der Waals surface area contributed by atoms with Crippen LogP contribution in [-0.2, 0) is 24.2 Å². The zero-order valence-electron chi connectivity index (χ0n) is 13.9. The first-order chi connectivity index (χ1) is 9.82. The highest BCUT2D eigenvalue weighted by molar-refractivity contribution is 5.84. The van der Waals surface area contributed by atoms with Crippen molar-refractivity contribution < 1.29 is 4.79 Å². The molecule has 0 radical (unpaired) electrons. The number of nitrogens with two attached hydrogens (primary N) is 1. The van der Waals surface area contributed by atoms with Crippen LogP contribution in [0, 0.1) is 0 Å². The van der Waals surface area contributed by atoms with Crippen LogP contribution in [0.15, 0.2) is 0 Å². The molecule has 0 aliphatic heterocycles. The first-order valence-corrected chi connectivity index (χ1v) is 7.82. The number of rotatable bonds is 9. The molecule has 1 atom stereocenters. The Kier molecular flexibility index (Phi) is 6.33. The van der Waals surface area contributed by atoms with Crippen LogP contribution >= 0.6 is 0 Å². The molecule has 21 heavy (non-hydrogen) atoms. The number of nitrogens with zero attached hydrogens (tertiary/aromatic N) is 3. The molecule has 1 amide bonds. The molecule has 0 bridgehead atoms. The maximum Gasteiger partial charge on any atom is 0.237 e. The Labute approximate surface area is 127 Å². The molecule has 6 heteroatoms. The van der Waals surface area contributed by atoms with Gasteiger partial charge in [0.2, 0.25) is 5.91 Å². The summed E-state index contributed by atoms with van der Waals surface area (Å²) in [5.74, 6) is 1.58. The summed E-state index contributed by atoms with van der Waals surface area (Å²) >= 11 is 0. The van der Waals surface area contributed by atoms with E-state index in [0.29, 0.717) is 6.42 Å². The minimum atomic E-state index is -0.672. The first kappa shape index (κ1) is 17.6. The van der Waals surface area contributed by atoms with Crippen molar-refractivity contribution in [3.63, 3.8) is 0 Å². The lowest BCUT2D eigenvalue weighted by molar-refractivity contribution is -0.124. The fourth-order valence-electron chi connectivity index (χ4n) is 2.50. The Morgan fingerprint density at radius 3 is 2.52 bits per heavy atom. The lowest BCUT2D eigenvalue weighted by Gasteiger charge is -2.29. The monoisotopic (exact) mass is 295 g/mol. The van der Waals surface area contributed by atoms with E-state index >= 15 is 0 Å². The molecule has 1 rings (SSSR count). The van der Waals surface area contributed by atoms with Crippen LogP contribution in [0.25, 0.3) is 0 Å². The molecule has 0 spiro atoms. The zero-order chi connectivity index (χ0) is 16.0. The van der Waals surface area contributed by atoms with Gasteiger partial charge in [-0.3, -0.25) is 4.79 Å². The molecule has 0 aromatic carbocycles. The van der Waals surface area contributed by atoms with E-state index in [2.05, 4.69) is 29.2 Å². The van der Waals surface area contributed by atoms with Crippen molar-refractivity contribution in [3.8, 4) is 0 Å². The Hall–Kier alpha value is -1.43. The molecule has 1 heterocycles. The number of hydrogen-bond donors (Lipinski definition) is 2. The number of aromatic nitrogens is 3.